The van der Waals surface area contributed by atoms with Gasteiger partial charge in [-0.15, -0.1) is 0 Å². The summed E-state index contributed by atoms with van der Waals surface area (Å²) in [4.78, 5) is 28.5. The maximum absolute atomic E-state index is 12.0. The molecule has 6 heteroatoms. The highest BCUT2D eigenvalue weighted by Crippen LogP contribution is 2.17. The van der Waals surface area contributed by atoms with E-state index in [2.05, 4.69) is 10.3 Å². The van der Waals surface area contributed by atoms with E-state index < -0.39 is 12.0 Å². The van der Waals surface area contributed by atoms with Crippen LogP contribution in [0, 0.1) is 6.92 Å². The fourth-order valence-electron chi connectivity index (χ4n) is 2.23. The van der Waals surface area contributed by atoms with Gasteiger partial charge < -0.3 is 15.3 Å². The zero-order valence-electron chi connectivity index (χ0n) is 10.8. The van der Waals surface area contributed by atoms with E-state index in [1.807, 2.05) is 19.1 Å². The molecule has 1 saturated heterocycles. The lowest BCUT2D eigenvalue weighted by atomic mass is 10.2. The molecule has 6 nitrogen and oxygen atoms in total. The Morgan fingerprint density at radius 1 is 1.58 bits per heavy atom. The number of urea groups is 1. The molecule has 0 spiro atoms. The molecule has 0 aromatic carbocycles. The van der Waals surface area contributed by atoms with Crippen LogP contribution in [0.3, 0.4) is 0 Å². The Labute approximate surface area is 111 Å². The molecule has 1 fully saturated rings. The number of nitrogens with zero attached hydrogens (tertiary/aromatic N) is 2. The van der Waals surface area contributed by atoms with Crippen molar-refractivity contribution in [2.75, 3.05) is 6.54 Å². The van der Waals surface area contributed by atoms with Crippen LogP contribution in [-0.2, 0) is 11.3 Å². The third-order valence-electron chi connectivity index (χ3n) is 3.32. The van der Waals surface area contributed by atoms with Gasteiger partial charge in [0.05, 0.1) is 12.2 Å². The summed E-state index contributed by atoms with van der Waals surface area (Å²) in [5.74, 6) is -0.943. The van der Waals surface area contributed by atoms with Crippen LogP contribution in [0.25, 0.3) is 0 Å². The minimum Gasteiger partial charge on any atom is -0.480 e. The molecule has 2 N–H and O–H groups in total. The number of aryl methyl sites for hydroxylation is 1. The van der Waals surface area contributed by atoms with Gasteiger partial charge in [0.1, 0.15) is 6.04 Å². The molecule has 0 aliphatic carbocycles. The molecule has 0 unspecified atom stereocenters. The number of carbonyl (C=O) groups is 2. The van der Waals surface area contributed by atoms with Crippen molar-refractivity contribution in [2.24, 2.45) is 0 Å². The van der Waals surface area contributed by atoms with Gasteiger partial charge in [0.25, 0.3) is 0 Å². The van der Waals surface area contributed by atoms with Crippen molar-refractivity contribution < 1.29 is 14.7 Å². The van der Waals surface area contributed by atoms with Gasteiger partial charge in [-0.3, -0.25) is 4.98 Å². The third-order valence-corrected chi connectivity index (χ3v) is 3.32. The molecule has 0 radical (unpaired) electrons. The Balaban J connectivity index is 1.95. The lowest BCUT2D eigenvalue weighted by molar-refractivity contribution is -0.141. The Hall–Kier alpha value is -2.11. The molecule has 2 amide bonds. The summed E-state index contributed by atoms with van der Waals surface area (Å²) in [7, 11) is 0. The summed E-state index contributed by atoms with van der Waals surface area (Å²) >= 11 is 0. The topological polar surface area (TPSA) is 82.5 Å². The number of carboxylic acids is 1. The van der Waals surface area contributed by atoms with E-state index in [-0.39, 0.29) is 6.03 Å². The summed E-state index contributed by atoms with van der Waals surface area (Å²) in [6, 6.07) is 2.71. The fourth-order valence-corrected chi connectivity index (χ4v) is 2.23. The number of aromatic nitrogens is 1. The first-order valence-corrected chi connectivity index (χ1v) is 6.27. The molecule has 1 aromatic heterocycles. The second-order valence-electron chi connectivity index (χ2n) is 4.62. The highest BCUT2D eigenvalue weighted by molar-refractivity contribution is 5.83. The van der Waals surface area contributed by atoms with Crippen LogP contribution < -0.4 is 5.32 Å². The van der Waals surface area contributed by atoms with Crippen LogP contribution in [0.2, 0.25) is 0 Å². The largest absolute Gasteiger partial charge is 0.480 e. The number of carbonyl (C=O) groups excluding carboxylic acids is 1. The summed E-state index contributed by atoms with van der Waals surface area (Å²) < 4.78 is 0. The molecule has 102 valence electrons. The SMILES string of the molecule is Cc1cccnc1CNC(=O)N1CCC[C@H]1C(=O)O. The normalized spacial score (nSPS) is 18.4. The summed E-state index contributed by atoms with van der Waals surface area (Å²) in [6.45, 7) is 2.72. The van der Waals surface area contributed by atoms with Crippen LogP contribution in [0.1, 0.15) is 24.1 Å². The highest BCUT2D eigenvalue weighted by atomic mass is 16.4. The van der Waals surface area contributed by atoms with Crippen LogP contribution in [0.4, 0.5) is 4.79 Å². The average Bonchev–Trinajstić information content (AvgIpc) is 2.87. The molecule has 1 aromatic rings. The Morgan fingerprint density at radius 3 is 3.05 bits per heavy atom. The fraction of sp³-hybridized carbons (Fsp3) is 0.462. The van der Waals surface area contributed by atoms with Crippen LogP contribution in [0.15, 0.2) is 18.3 Å². The molecular formula is C13H17N3O3. The van der Waals surface area contributed by atoms with Gasteiger partial charge >= 0.3 is 12.0 Å². The first-order chi connectivity index (χ1) is 9.09. The number of hydrogen-bond donors (Lipinski definition) is 2. The average molecular weight is 263 g/mol. The Morgan fingerprint density at radius 2 is 2.37 bits per heavy atom. The molecule has 1 aliphatic heterocycles. The van der Waals surface area contributed by atoms with Crippen molar-refractivity contribution in [3.05, 3.63) is 29.6 Å². The third kappa shape index (κ3) is 3.01. The molecule has 2 rings (SSSR count). The maximum Gasteiger partial charge on any atom is 0.326 e. The first kappa shape index (κ1) is 13.3. The van der Waals surface area contributed by atoms with E-state index in [0.29, 0.717) is 19.5 Å². The summed E-state index contributed by atoms with van der Waals surface area (Å²) in [5, 5.41) is 11.8. The summed E-state index contributed by atoms with van der Waals surface area (Å²) in [5.41, 5.74) is 1.79. The van der Waals surface area contributed by atoms with E-state index in [0.717, 1.165) is 17.7 Å². The second-order valence-corrected chi connectivity index (χ2v) is 4.62. The van der Waals surface area contributed by atoms with Crippen LogP contribution in [-0.4, -0.2) is 39.6 Å². The van der Waals surface area contributed by atoms with Crippen molar-refractivity contribution in [2.45, 2.75) is 32.4 Å². The smallest absolute Gasteiger partial charge is 0.326 e. The number of amides is 2. The van der Waals surface area contributed by atoms with Crippen LogP contribution in [0.5, 0.6) is 0 Å². The number of carboxylic acid groups (broad SMARTS) is 1. The number of pyridine rings is 1. The first-order valence-electron chi connectivity index (χ1n) is 6.27. The van der Waals surface area contributed by atoms with Gasteiger partial charge in [-0.25, -0.2) is 9.59 Å². The quantitative estimate of drug-likeness (QED) is 0.857. The number of aliphatic carboxylic acids is 1. The van der Waals surface area contributed by atoms with E-state index in [9.17, 15) is 9.59 Å². The lowest BCUT2D eigenvalue weighted by Gasteiger charge is -2.21. The van der Waals surface area contributed by atoms with Crippen LogP contribution >= 0.6 is 0 Å². The van der Waals surface area contributed by atoms with Gasteiger partial charge in [-0.1, -0.05) is 6.07 Å². The lowest BCUT2D eigenvalue weighted by Crippen LogP contribution is -2.45. The zero-order valence-corrected chi connectivity index (χ0v) is 10.8. The standard InChI is InChI=1S/C13H17N3O3/c1-9-4-2-6-14-10(9)8-15-13(19)16-7-3-5-11(16)12(17)18/h2,4,6,11H,3,5,7-8H2,1H3,(H,15,19)(H,17,18)/t11-/m0/s1. The van der Waals surface area contributed by atoms with E-state index in [1.165, 1.54) is 4.90 Å². The minimum atomic E-state index is -0.943. The number of rotatable bonds is 3. The zero-order chi connectivity index (χ0) is 13.8. The van der Waals surface area contributed by atoms with Crippen molar-refractivity contribution >= 4 is 12.0 Å². The van der Waals surface area contributed by atoms with Gasteiger partial charge in [0.15, 0.2) is 0 Å². The minimum absolute atomic E-state index is 0.314. The van der Waals surface area contributed by atoms with Crippen molar-refractivity contribution in [1.29, 1.82) is 0 Å². The molecule has 1 aliphatic rings. The van der Waals surface area contributed by atoms with Crippen molar-refractivity contribution in [3.8, 4) is 0 Å². The number of nitrogens with one attached hydrogen (secondary N) is 1. The molecule has 0 bridgehead atoms. The maximum atomic E-state index is 12.0. The van der Waals surface area contributed by atoms with Gasteiger partial charge in [-0.2, -0.15) is 0 Å². The number of hydrogen-bond acceptors (Lipinski definition) is 3. The van der Waals surface area contributed by atoms with Gasteiger partial charge in [0.2, 0.25) is 0 Å². The Bertz CT molecular complexity index is 490. The van der Waals surface area contributed by atoms with Crippen molar-refractivity contribution in [1.82, 2.24) is 15.2 Å². The predicted octanol–water partition coefficient (Wildman–Crippen LogP) is 1.15. The molecule has 0 saturated carbocycles. The Kier molecular flexibility index (Phi) is 3.99. The molecular weight excluding hydrogens is 246 g/mol. The molecule has 19 heavy (non-hydrogen) atoms. The summed E-state index contributed by atoms with van der Waals surface area (Å²) in [6.07, 6.45) is 2.92. The van der Waals surface area contributed by atoms with E-state index in [4.69, 9.17) is 5.11 Å². The monoisotopic (exact) mass is 263 g/mol. The molecule has 1 atom stereocenters. The second kappa shape index (κ2) is 5.69. The van der Waals surface area contributed by atoms with Crippen molar-refractivity contribution in [3.63, 3.8) is 0 Å². The van der Waals surface area contributed by atoms with Gasteiger partial charge in [-0.05, 0) is 31.4 Å². The number of likely N-dealkylation sites (tertiary alicyclic amines) is 1. The van der Waals surface area contributed by atoms with E-state index >= 15 is 0 Å². The highest BCUT2D eigenvalue weighted by Gasteiger charge is 2.33. The molecule has 2 heterocycles. The predicted molar refractivity (Wildman–Crippen MR) is 68.6 cm³/mol. The van der Waals surface area contributed by atoms with Gasteiger partial charge in [0, 0.05) is 12.7 Å². The van der Waals surface area contributed by atoms with E-state index in [1.54, 1.807) is 6.20 Å².